The molecule has 8 nitrogen and oxygen atoms in total. The summed E-state index contributed by atoms with van der Waals surface area (Å²) in [6.45, 7) is -0.629. The Labute approximate surface area is 190 Å². The Morgan fingerprint density at radius 2 is 1.58 bits per heavy atom. The van der Waals surface area contributed by atoms with Crippen molar-refractivity contribution in [3.63, 3.8) is 0 Å². The van der Waals surface area contributed by atoms with Gasteiger partial charge in [0.15, 0.2) is 0 Å². The predicted octanol–water partition coefficient (Wildman–Crippen LogP) is 3.45. The van der Waals surface area contributed by atoms with Gasteiger partial charge in [0.25, 0.3) is 10.0 Å². The molecule has 3 aromatic carbocycles. The minimum atomic E-state index is -4.21. The number of anilines is 2. The van der Waals surface area contributed by atoms with Crippen LogP contribution in [0.25, 0.3) is 0 Å². The average molecular weight is 472 g/mol. The van der Waals surface area contributed by atoms with Gasteiger partial charge < -0.3 is 14.8 Å². The highest BCUT2D eigenvalue weighted by Crippen LogP contribution is 2.26. The molecule has 0 fully saturated rings. The lowest BCUT2D eigenvalue weighted by Crippen LogP contribution is -2.38. The first kappa shape index (κ1) is 23.7. The third-order valence-electron chi connectivity index (χ3n) is 4.66. The second-order valence-corrected chi connectivity index (χ2v) is 8.61. The molecule has 3 aromatic rings. The molecule has 0 aromatic heterocycles. The van der Waals surface area contributed by atoms with Crippen LogP contribution >= 0.6 is 0 Å². The fourth-order valence-corrected chi connectivity index (χ4v) is 4.42. The zero-order valence-electron chi connectivity index (χ0n) is 17.8. The number of carbonyl (C=O) groups excluding carboxylic acids is 2. The van der Waals surface area contributed by atoms with E-state index in [9.17, 15) is 22.4 Å². The number of benzene rings is 3. The zero-order chi connectivity index (χ0) is 24.0. The maximum absolute atomic E-state index is 13.5. The van der Waals surface area contributed by atoms with Crippen molar-refractivity contribution in [1.29, 1.82) is 0 Å². The van der Waals surface area contributed by atoms with Crippen LogP contribution in [0.2, 0.25) is 0 Å². The van der Waals surface area contributed by atoms with Crippen LogP contribution in [0.15, 0.2) is 77.7 Å². The molecule has 0 bridgehead atoms. The molecule has 0 aliphatic carbocycles. The Kier molecular flexibility index (Phi) is 7.29. The lowest BCUT2D eigenvalue weighted by Gasteiger charge is -2.24. The molecule has 0 radical (unpaired) electrons. The van der Waals surface area contributed by atoms with Gasteiger partial charge in [0.1, 0.15) is 18.1 Å². The number of amides is 1. The van der Waals surface area contributed by atoms with Gasteiger partial charge in [0.05, 0.1) is 36.1 Å². The summed E-state index contributed by atoms with van der Waals surface area (Å²) in [7, 11) is -1.55. The van der Waals surface area contributed by atoms with Gasteiger partial charge >= 0.3 is 5.97 Å². The Hall–Kier alpha value is -3.92. The Morgan fingerprint density at radius 1 is 0.939 bits per heavy atom. The fraction of sp³-hybridized carbons (Fsp3) is 0.130. The maximum atomic E-state index is 13.5. The number of ether oxygens (including phenoxy) is 2. The van der Waals surface area contributed by atoms with Crippen molar-refractivity contribution >= 4 is 33.3 Å². The van der Waals surface area contributed by atoms with E-state index in [0.29, 0.717) is 5.75 Å². The second kappa shape index (κ2) is 10.1. The van der Waals surface area contributed by atoms with E-state index in [4.69, 9.17) is 9.47 Å². The van der Waals surface area contributed by atoms with Crippen molar-refractivity contribution in [3.05, 3.63) is 84.2 Å². The van der Waals surface area contributed by atoms with Crippen LogP contribution in [0.4, 0.5) is 15.8 Å². The summed E-state index contributed by atoms with van der Waals surface area (Å²) in [4.78, 5) is 24.7. The largest absolute Gasteiger partial charge is 0.497 e. The van der Waals surface area contributed by atoms with Crippen molar-refractivity contribution in [2.75, 3.05) is 30.4 Å². The van der Waals surface area contributed by atoms with Crippen molar-refractivity contribution in [2.45, 2.75) is 4.90 Å². The molecule has 0 saturated carbocycles. The number of hydrogen-bond acceptors (Lipinski definition) is 6. The van der Waals surface area contributed by atoms with E-state index in [-0.39, 0.29) is 21.8 Å². The van der Waals surface area contributed by atoms with E-state index in [0.717, 1.165) is 16.4 Å². The molecule has 172 valence electrons. The minimum absolute atomic E-state index is 0.0867. The van der Waals surface area contributed by atoms with Gasteiger partial charge in [-0.15, -0.1) is 0 Å². The number of hydrogen-bond donors (Lipinski definition) is 1. The van der Waals surface area contributed by atoms with E-state index >= 15 is 0 Å². The molecule has 33 heavy (non-hydrogen) atoms. The SMILES string of the molecule is COC(=O)c1ccccc1NC(=O)CN(c1ccc(F)cc1)S(=O)(=O)c1ccc(OC)cc1. The quantitative estimate of drug-likeness (QED) is 0.504. The van der Waals surface area contributed by atoms with Crippen molar-refractivity contribution < 1.29 is 31.9 Å². The molecular weight excluding hydrogens is 451 g/mol. The molecule has 1 amide bonds. The van der Waals surface area contributed by atoms with Gasteiger partial charge in [-0.3, -0.25) is 9.10 Å². The molecule has 0 saturated heterocycles. The first-order valence-electron chi connectivity index (χ1n) is 9.66. The first-order valence-corrected chi connectivity index (χ1v) is 11.1. The summed E-state index contributed by atoms with van der Waals surface area (Å²) in [6, 6.07) is 16.5. The van der Waals surface area contributed by atoms with Crippen LogP contribution in [-0.2, 0) is 19.6 Å². The smallest absolute Gasteiger partial charge is 0.339 e. The molecule has 0 aliphatic rings. The van der Waals surface area contributed by atoms with Gasteiger partial charge in [-0.05, 0) is 60.7 Å². The number of methoxy groups -OCH3 is 2. The number of nitrogens with zero attached hydrogens (tertiary/aromatic N) is 1. The summed E-state index contributed by atoms with van der Waals surface area (Å²) in [5.74, 6) is -1.48. The van der Waals surface area contributed by atoms with Crippen LogP contribution in [0, 0.1) is 5.82 Å². The topological polar surface area (TPSA) is 102 Å². The normalized spacial score (nSPS) is 10.9. The molecule has 0 heterocycles. The predicted molar refractivity (Wildman–Crippen MR) is 120 cm³/mol. The van der Waals surface area contributed by atoms with Crippen molar-refractivity contribution in [2.24, 2.45) is 0 Å². The number of esters is 1. The fourth-order valence-electron chi connectivity index (χ4n) is 3.00. The molecule has 1 N–H and O–H groups in total. The summed E-state index contributed by atoms with van der Waals surface area (Å²) in [5, 5.41) is 2.54. The Morgan fingerprint density at radius 3 is 2.18 bits per heavy atom. The molecule has 10 heteroatoms. The summed E-state index contributed by atoms with van der Waals surface area (Å²) >= 11 is 0. The third kappa shape index (κ3) is 5.47. The standard InChI is InChI=1S/C23H21FN2O6S/c1-31-18-11-13-19(14-12-18)33(29,30)26(17-9-7-16(24)8-10-17)15-22(27)25-21-6-4-3-5-20(21)23(28)32-2/h3-14H,15H2,1-2H3,(H,25,27). The number of carbonyl (C=O) groups is 2. The van der Waals surface area contributed by atoms with Crippen molar-refractivity contribution in [3.8, 4) is 5.75 Å². The first-order chi connectivity index (χ1) is 15.8. The lowest BCUT2D eigenvalue weighted by atomic mass is 10.2. The van der Waals surface area contributed by atoms with Crippen LogP contribution < -0.4 is 14.4 Å². The number of nitrogens with one attached hydrogen (secondary N) is 1. The highest BCUT2D eigenvalue weighted by molar-refractivity contribution is 7.92. The van der Waals surface area contributed by atoms with E-state index in [2.05, 4.69) is 5.32 Å². The van der Waals surface area contributed by atoms with Gasteiger partial charge in [0, 0.05) is 0 Å². The minimum Gasteiger partial charge on any atom is -0.497 e. The van der Waals surface area contributed by atoms with Gasteiger partial charge in [0.2, 0.25) is 5.91 Å². The third-order valence-corrected chi connectivity index (χ3v) is 6.44. The van der Waals surface area contributed by atoms with Gasteiger partial charge in [-0.2, -0.15) is 0 Å². The van der Waals surface area contributed by atoms with E-state index in [1.54, 1.807) is 12.1 Å². The highest BCUT2D eigenvalue weighted by Gasteiger charge is 2.28. The van der Waals surface area contributed by atoms with Crippen LogP contribution in [0.5, 0.6) is 5.75 Å². The monoisotopic (exact) mass is 472 g/mol. The zero-order valence-corrected chi connectivity index (χ0v) is 18.6. The van der Waals surface area contributed by atoms with Gasteiger partial charge in [-0.25, -0.2) is 17.6 Å². The van der Waals surface area contributed by atoms with Crippen molar-refractivity contribution in [1.82, 2.24) is 0 Å². The molecular formula is C23H21FN2O6S. The Bertz CT molecular complexity index is 1240. The number of rotatable bonds is 8. The highest BCUT2D eigenvalue weighted by atomic mass is 32.2. The molecule has 0 aliphatic heterocycles. The summed E-state index contributed by atoms with van der Waals surface area (Å²) in [6.07, 6.45) is 0. The maximum Gasteiger partial charge on any atom is 0.339 e. The van der Waals surface area contributed by atoms with Crippen LogP contribution in [-0.4, -0.2) is 41.1 Å². The number of para-hydroxylation sites is 1. The lowest BCUT2D eigenvalue weighted by molar-refractivity contribution is -0.114. The molecule has 0 unspecified atom stereocenters. The van der Waals surface area contributed by atoms with E-state index in [1.165, 1.54) is 62.8 Å². The molecule has 3 rings (SSSR count). The second-order valence-electron chi connectivity index (χ2n) is 6.75. The van der Waals surface area contributed by atoms with Crippen LogP contribution in [0.3, 0.4) is 0 Å². The molecule has 0 atom stereocenters. The number of sulfonamides is 1. The summed E-state index contributed by atoms with van der Waals surface area (Å²) < 4.78 is 50.8. The molecule has 0 spiro atoms. The number of halogens is 1. The van der Waals surface area contributed by atoms with E-state index in [1.807, 2.05) is 0 Å². The Balaban J connectivity index is 1.95. The van der Waals surface area contributed by atoms with Crippen LogP contribution in [0.1, 0.15) is 10.4 Å². The van der Waals surface area contributed by atoms with Gasteiger partial charge in [-0.1, -0.05) is 12.1 Å². The summed E-state index contributed by atoms with van der Waals surface area (Å²) in [5.41, 5.74) is 0.360. The average Bonchev–Trinajstić information content (AvgIpc) is 2.83. The van der Waals surface area contributed by atoms with E-state index < -0.39 is 34.3 Å².